The summed E-state index contributed by atoms with van der Waals surface area (Å²) >= 11 is 5.96. The Morgan fingerprint density at radius 1 is 1.03 bits per heavy atom. The van der Waals surface area contributed by atoms with Crippen molar-refractivity contribution in [2.75, 3.05) is 14.2 Å². The first-order valence-electron chi connectivity index (χ1n) is 10.0. The number of nitrogens with zero attached hydrogens (tertiary/aromatic N) is 5. The first-order valence-corrected chi connectivity index (χ1v) is 10.4. The monoisotopic (exact) mass is 482 g/mol. The average Bonchev–Trinajstić information content (AvgIpc) is 3.31. The van der Waals surface area contributed by atoms with Gasteiger partial charge in [0.2, 0.25) is 0 Å². The molecule has 10 nitrogen and oxygen atoms in total. The molecule has 0 aliphatic carbocycles. The zero-order chi connectivity index (χ0) is 24.5. The average molecular weight is 483 g/mol. The molecule has 0 aliphatic heterocycles. The van der Waals surface area contributed by atoms with E-state index in [4.69, 9.17) is 31.8 Å². The van der Waals surface area contributed by atoms with Crippen molar-refractivity contribution >= 4 is 34.6 Å². The van der Waals surface area contributed by atoms with Gasteiger partial charge in [0.15, 0.2) is 5.71 Å². The highest BCUT2D eigenvalue weighted by atomic mass is 35.5. The van der Waals surface area contributed by atoms with E-state index >= 15 is 0 Å². The van der Waals surface area contributed by atoms with Crippen LogP contribution in [-0.2, 0) is 25.9 Å². The minimum Gasteiger partial charge on any atom is -0.399 e. The lowest BCUT2D eigenvalue weighted by Crippen LogP contribution is -2.25. The van der Waals surface area contributed by atoms with E-state index in [1.54, 1.807) is 60.4 Å². The molecule has 0 unspecified atom stereocenters. The number of rotatable bonds is 10. The van der Waals surface area contributed by atoms with Crippen molar-refractivity contribution in [2.45, 2.75) is 13.5 Å². The third-order valence-corrected chi connectivity index (χ3v) is 4.83. The number of hydrogen-bond acceptors (Lipinski definition) is 8. The summed E-state index contributed by atoms with van der Waals surface area (Å²) < 4.78 is 1.68. The second-order valence-electron chi connectivity index (χ2n) is 6.87. The SMILES string of the molecule is CO/N=C(/C(C)=N/OCc1ccccc1/C(=N\OC)C(N)=O)c1cnn(-c2ccc(Cl)cc2)c1. The highest BCUT2D eigenvalue weighted by Crippen LogP contribution is 2.15. The Labute approximate surface area is 201 Å². The first-order chi connectivity index (χ1) is 16.4. The minimum atomic E-state index is -0.721. The minimum absolute atomic E-state index is 0.0151. The van der Waals surface area contributed by atoms with Crippen molar-refractivity contribution in [1.82, 2.24) is 9.78 Å². The first kappa shape index (κ1) is 24.5. The Bertz CT molecular complexity index is 1230. The molecule has 3 rings (SSSR count). The maximum Gasteiger partial charge on any atom is 0.271 e. The Hall–Kier alpha value is -4.18. The van der Waals surface area contributed by atoms with Gasteiger partial charge in [-0.1, -0.05) is 51.3 Å². The molecule has 0 saturated carbocycles. The number of carbonyl (C=O) groups is 1. The molecule has 2 N–H and O–H groups in total. The van der Waals surface area contributed by atoms with Crippen LogP contribution in [0.1, 0.15) is 23.6 Å². The topological polar surface area (TPSA) is 126 Å². The number of carbonyl (C=O) groups excluding carboxylic acids is 1. The van der Waals surface area contributed by atoms with E-state index < -0.39 is 5.91 Å². The normalized spacial score (nSPS) is 12.4. The summed E-state index contributed by atoms with van der Waals surface area (Å²) in [4.78, 5) is 27.0. The van der Waals surface area contributed by atoms with Crippen LogP contribution >= 0.6 is 11.6 Å². The second-order valence-corrected chi connectivity index (χ2v) is 7.30. The van der Waals surface area contributed by atoms with Gasteiger partial charge in [-0.3, -0.25) is 4.79 Å². The number of benzene rings is 2. The van der Waals surface area contributed by atoms with Crippen LogP contribution in [0.3, 0.4) is 0 Å². The number of halogens is 1. The lowest BCUT2D eigenvalue weighted by atomic mass is 10.0. The predicted octanol–water partition coefficient (Wildman–Crippen LogP) is 3.30. The molecule has 176 valence electrons. The maximum absolute atomic E-state index is 11.8. The van der Waals surface area contributed by atoms with E-state index in [2.05, 4.69) is 20.6 Å². The molecule has 0 saturated heterocycles. The van der Waals surface area contributed by atoms with Gasteiger partial charge >= 0.3 is 0 Å². The molecular weight excluding hydrogens is 460 g/mol. The molecule has 0 spiro atoms. The third-order valence-electron chi connectivity index (χ3n) is 4.58. The predicted molar refractivity (Wildman–Crippen MR) is 129 cm³/mol. The Balaban J connectivity index is 1.79. The van der Waals surface area contributed by atoms with Crippen LogP contribution in [0.5, 0.6) is 0 Å². The lowest BCUT2D eigenvalue weighted by Gasteiger charge is -2.09. The van der Waals surface area contributed by atoms with E-state index in [1.807, 2.05) is 12.1 Å². The number of aromatic nitrogens is 2. The summed E-state index contributed by atoms with van der Waals surface area (Å²) in [5.41, 5.74) is 8.94. The summed E-state index contributed by atoms with van der Waals surface area (Å²) in [6.45, 7) is 1.78. The summed E-state index contributed by atoms with van der Waals surface area (Å²) in [6, 6.07) is 14.3. The highest BCUT2D eigenvalue weighted by molar-refractivity contribution is 6.47. The number of hydrogen-bond donors (Lipinski definition) is 1. The summed E-state index contributed by atoms with van der Waals surface area (Å²) in [7, 11) is 2.77. The van der Waals surface area contributed by atoms with E-state index in [0.29, 0.717) is 33.1 Å². The quantitative estimate of drug-likeness (QED) is 0.350. The molecular formula is C23H23ClN6O4. The molecule has 11 heteroatoms. The van der Waals surface area contributed by atoms with Gasteiger partial charge in [0.1, 0.15) is 32.2 Å². The van der Waals surface area contributed by atoms with Gasteiger partial charge < -0.3 is 20.2 Å². The van der Waals surface area contributed by atoms with Crippen LogP contribution in [-0.4, -0.2) is 47.0 Å². The van der Waals surface area contributed by atoms with E-state index in [-0.39, 0.29) is 12.3 Å². The smallest absolute Gasteiger partial charge is 0.271 e. The Kier molecular flexibility index (Phi) is 8.36. The summed E-state index contributed by atoms with van der Waals surface area (Å²) in [5, 5.41) is 17.0. The standard InChI is InChI=1S/C23H23ClN6O4/c1-15(27-34-14-16-6-4-5-7-20(16)22(23(25)31)29-33-3)21(28-32-2)17-12-26-30(13-17)19-10-8-18(24)9-11-19/h4-13H,14H2,1-3H3,(H2,25,31)/b27-15+,28-21-,29-22+. The summed E-state index contributed by atoms with van der Waals surface area (Å²) in [5.74, 6) is -0.721. The summed E-state index contributed by atoms with van der Waals surface area (Å²) in [6.07, 6.45) is 3.43. The maximum atomic E-state index is 11.8. The zero-order valence-electron chi connectivity index (χ0n) is 18.8. The van der Waals surface area contributed by atoms with Gasteiger partial charge in [0.05, 0.1) is 11.9 Å². The Morgan fingerprint density at radius 2 is 1.71 bits per heavy atom. The molecule has 1 heterocycles. The lowest BCUT2D eigenvalue weighted by molar-refractivity contribution is -0.112. The number of amides is 1. The van der Waals surface area contributed by atoms with Crippen LogP contribution in [0.2, 0.25) is 5.02 Å². The fourth-order valence-electron chi connectivity index (χ4n) is 3.04. The van der Waals surface area contributed by atoms with Crippen molar-refractivity contribution in [1.29, 1.82) is 0 Å². The Morgan fingerprint density at radius 3 is 2.38 bits per heavy atom. The molecule has 34 heavy (non-hydrogen) atoms. The molecule has 0 bridgehead atoms. The van der Waals surface area contributed by atoms with Gasteiger partial charge in [-0.2, -0.15) is 5.10 Å². The number of nitrogens with two attached hydrogens (primary N) is 1. The van der Waals surface area contributed by atoms with Gasteiger partial charge in [-0.25, -0.2) is 4.68 Å². The molecule has 0 atom stereocenters. The fourth-order valence-corrected chi connectivity index (χ4v) is 3.16. The fraction of sp³-hybridized carbons (Fsp3) is 0.174. The molecule has 0 fully saturated rings. The highest BCUT2D eigenvalue weighted by Gasteiger charge is 2.17. The van der Waals surface area contributed by atoms with Gasteiger partial charge in [-0.05, 0) is 31.2 Å². The van der Waals surface area contributed by atoms with Crippen LogP contribution in [0, 0.1) is 0 Å². The molecule has 0 radical (unpaired) electrons. The molecule has 1 aromatic heterocycles. The second kappa shape index (κ2) is 11.6. The molecule has 3 aromatic rings. The van der Waals surface area contributed by atoms with Crippen LogP contribution in [0.15, 0.2) is 76.4 Å². The molecule has 0 aliphatic rings. The van der Waals surface area contributed by atoms with E-state index in [9.17, 15) is 4.79 Å². The zero-order valence-corrected chi connectivity index (χ0v) is 19.6. The largest absolute Gasteiger partial charge is 0.399 e. The van der Waals surface area contributed by atoms with Crippen molar-refractivity contribution in [3.63, 3.8) is 0 Å². The van der Waals surface area contributed by atoms with Crippen molar-refractivity contribution in [3.8, 4) is 5.69 Å². The van der Waals surface area contributed by atoms with E-state index in [1.165, 1.54) is 14.2 Å². The van der Waals surface area contributed by atoms with Crippen molar-refractivity contribution < 1.29 is 19.3 Å². The van der Waals surface area contributed by atoms with Gasteiger partial charge in [0.25, 0.3) is 5.91 Å². The van der Waals surface area contributed by atoms with E-state index in [0.717, 1.165) is 5.69 Å². The van der Waals surface area contributed by atoms with Crippen molar-refractivity contribution in [3.05, 3.63) is 82.6 Å². The molecule has 2 aromatic carbocycles. The van der Waals surface area contributed by atoms with Crippen LogP contribution < -0.4 is 5.73 Å². The van der Waals surface area contributed by atoms with Gasteiger partial charge in [0, 0.05) is 27.9 Å². The van der Waals surface area contributed by atoms with Crippen molar-refractivity contribution in [2.24, 2.45) is 21.2 Å². The third kappa shape index (κ3) is 5.99. The van der Waals surface area contributed by atoms with Crippen LogP contribution in [0.4, 0.5) is 0 Å². The number of primary amides is 1. The van der Waals surface area contributed by atoms with Gasteiger partial charge in [-0.15, -0.1) is 0 Å². The van der Waals surface area contributed by atoms with Crippen LogP contribution in [0.25, 0.3) is 5.69 Å². The molecule has 1 amide bonds. The number of oxime groups is 3.